The largest absolute Gasteiger partial charge is 0.384 e. The zero-order valence-electron chi connectivity index (χ0n) is 14.7. The van der Waals surface area contributed by atoms with Crippen molar-refractivity contribution in [3.63, 3.8) is 0 Å². The molecule has 0 aliphatic carbocycles. The number of nitrogens with zero attached hydrogens (tertiary/aromatic N) is 3. The van der Waals surface area contributed by atoms with E-state index in [0.29, 0.717) is 6.61 Å². The second kappa shape index (κ2) is 8.83. The minimum atomic E-state index is 0.0815. The molecule has 0 radical (unpaired) electrons. The van der Waals surface area contributed by atoms with Gasteiger partial charge in [-0.3, -0.25) is 9.69 Å². The summed E-state index contributed by atoms with van der Waals surface area (Å²) in [5.74, 6) is 1.15. The molecule has 1 aliphatic heterocycles. The highest BCUT2D eigenvalue weighted by molar-refractivity contribution is 5.98. The van der Waals surface area contributed by atoms with E-state index in [9.17, 15) is 4.79 Å². The first-order valence-corrected chi connectivity index (χ1v) is 8.86. The second-order valence-electron chi connectivity index (χ2n) is 6.55. The Morgan fingerprint density at radius 1 is 1.24 bits per heavy atom. The van der Waals surface area contributed by atoms with Gasteiger partial charge in [0.05, 0.1) is 6.61 Å². The van der Waals surface area contributed by atoms with Gasteiger partial charge in [0.15, 0.2) is 5.78 Å². The lowest BCUT2D eigenvalue weighted by atomic mass is 9.90. The Morgan fingerprint density at radius 2 is 2.00 bits per heavy atom. The molecule has 2 heterocycles. The lowest BCUT2D eigenvalue weighted by molar-refractivity contribution is 0.0811. The lowest BCUT2D eigenvalue weighted by Crippen LogP contribution is -2.38. The number of hydrogen-bond donors (Lipinski definition) is 0. The molecule has 25 heavy (non-hydrogen) atoms. The molecule has 0 amide bonds. The molecule has 5 heteroatoms. The standard InChI is InChI=1S/C20H25N3O2/c1-25-11-9-19-21-12-16(13-22-19)14-23-10-5-8-18(15-23)20(24)17-6-3-2-4-7-17/h2-4,6-7,12-13,18H,5,8-11,14-15H2,1H3/t18-/m0/s1. The van der Waals surface area contributed by atoms with Crippen LogP contribution in [0.25, 0.3) is 0 Å². The van der Waals surface area contributed by atoms with Crippen molar-refractivity contribution in [2.45, 2.75) is 25.8 Å². The first-order chi connectivity index (χ1) is 12.3. The maximum atomic E-state index is 12.7. The van der Waals surface area contributed by atoms with Crippen molar-refractivity contribution in [1.29, 1.82) is 0 Å². The van der Waals surface area contributed by atoms with Crippen molar-refractivity contribution in [3.8, 4) is 0 Å². The van der Waals surface area contributed by atoms with E-state index in [1.165, 1.54) is 0 Å². The van der Waals surface area contributed by atoms with E-state index >= 15 is 0 Å². The summed E-state index contributed by atoms with van der Waals surface area (Å²) < 4.78 is 5.05. The number of Topliss-reactive ketones (excluding diaryl/α,β-unsaturated/α-hetero) is 1. The summed E-state index contributed by atoms with van der Waals surface area (Å²) in [6, 6.07) is 9.62. The Kier molecular flexibility index (Phi) is 6.25. The summed E-state index contributed by atoms with van der Waals surface area (Å²) in [7, 11) is 1.68. The van der Waals surface area contributed by atoms with E-state index in [2.05, 4.69) is 14.9 Å². The Balaban J connectivity index is 1.57. The third-order valence-corrected chi connectivity index (χ3v) is 4.63. The quantitative estimate of drug-likeness (QED) is 0.726. The Labute approximate surface area is 149 Å². The number of piperidine rings is 1. The number of hydrogen-bond acceptors (Lipinski definition) is 5. The van der Waals surface area contributed by atoms with E-state index in [-0.39, 0.29) is 11.7 Å². The molecule has 5 nitrogen and oxygen atoms in total. The molecule has 0 saturated carbocycles. The minimum absolute atomic E-state index is 0.0815. The predicted molar refractivity (Wildman–Crippen MR) is 96.4 cm³/mol. The van der Waals surface area contributed by atoms with Crippen molar-refractivity contribution in [2.75, 3.05) is 26.8 Å². The van der Waals surface area contributed by atoms with Crippen LogP contribution in [0.5, 0.6) is 0 Å². The molecule has 0 N–H and O–H groups in total. The lowest BCUT2D eigenvalue weighted by Gasteiger charge is -2.31. The number of benzene rings is 1. The molecule has 1 fully saturated rings. The molecule has 2 aromatic rings. The Hall–Kier alpha value is -2.11. The molecule has 0 unspecified atom stereocenters. The topological polar surface area (TPSA) is 55.3 Å². The zero-order chi connectivity index (χ0) is 17.5. The molecule has 132 valence electrons. The van der Waals surface area contributed by atoms with E-state index in [1.807, 2.05) is 42.7 Å². The van der Waals surface area contributed by atoms with Gasteiger partial charge in [0.25, 0.3) is 0 Å². The van der Waals surface area contributed by atoms with Crippen LogP contribution in [0.1, 0.15) is 34.6 Å². The number of methoxy groups -OCH3 is 1. The monoisotopic (exact) mass is 339 g/mol. The molecule has 1 aliphatic rings. The van der Waals surface area contributed by atoms with Gasteiger partial charge in [-0.1, -0.05) is 30.3 Å². The van der Waals surface area contributed by atoms with Crippen LogP contribution in [-0.2, 0) is 17.7 Å². The van der Waals surface area contributed by atoms with Gasteiger partial charge in [-0.2, -0.15) is 0 Å². The summed E-state index contributed by atoms with van der Waals surface area (Å²) in [6.45, 7) is 3.25. The molecular formula is C20H25N3O2. The number of aromatic nitrogens is 2. The average molecular weight is 339 g/mol. The number of carbonyl (C=O) groups is 1. The van der Waals surface area contributed by atoms with Crippen molar-refractivity contribution < 1.29 is 9.53 Å². The second-order valence-corrected chi connectivity index (χ2v) is 6.55. The molecular weight excluding hydrogens is 314 g/mol. The molecule has 0 spiro atoms. The Morgan fingerprint density at radius 3 is 2.72 bits per heavy atom. The fourth-order valence-corrected chi connectivity index (χ4v) is 3.30. The number of rotatable bonds is 7. The molecule has 0 bridgehead atoms. The van der Waals surface area contributed by atoms with Gasteiger partial charge < -0.3 is 4.74 Å². The van der Waals surface area contributed by atoms with Crippen molar-refractivity contribution in [2.24, 2.45) is 5.92 Å². The van der Waals surface area contributed by atoms with Crippen LogP contribution >= 0.6 is 0 Å². The summed E-state index contributed by atoms with van der Waals surface area (Å²) in [5, 5.41) is 0. The third-order valence-electron chi connectivity index (χ3n) is 4.63. The highest BCUT2D eigenvalue weighted by atomic mass is 16.5. The van der Waals surface area contributed by atoms with Crippen molar-refractivity contribution in [3.05, 3.63) is 59.7 Å². The molecule has 1 atom stereocenters. The van der Waals surface area contributed by atoms with Gasteiger partial charge in [0, 0.05) is 56.1 Å². The van der Waals surface area contributed by atoms with Crippen LogP contribution in [-0.4, -0.2) is 47.5 Å². The summed E-state index contributed by atoms with van der Waals surface area (Å²) in [5.41, 5.74) is 1.91. The van der Waals surface area contributed by atoms with E-state index < -0.39 is 0 Å². The fourth-order valence-electron chi connectivity index (χ4n) is 3.30. The maximum Gasteiger partial charge on any atom is 0.167 e. The van der Waals surface area contributed by atoms with Crippen molar-refractivity contribution in [1.82, 2.24) is 14.9 Å². The van der Waals surface area contributed by atoms with Crippen LogP contribution in [0.3, 0.4) is 0 Å². The average Bonchev–Trinajstić information content (AvgIpc) is 2.68. The molecule has 3 rings (SSSR count). The zero-order valence-corrected chi connectivity index (χ0v) is 14.7. The summed E-state index contributed by atoms with van der Waals surface area (Å²) >= 11 is 0. The SMILES string of the molecule is COCCc1ncc(CN2CCC[C@H](C(=O)c3ccccc3)C2)cn1. The smallest absolute Gasteiger partial charge is 0.167 e. The summed E-state index contributed by atoms with van der Waals surface area (Å²) in [4.78, 5) is 23.8. The third kappa shape index (κ3) is 4.94. The maximum absolute atomic E-state index is 12.7. The van der Waals surface area contributed by atoms with Gasteiger partial charge in [0.1, 0.15) is 5.82 Å². The molecule has 1 saturated heterocycles. The molecule has 1 aromatic carbocycles. The number of likely N-dealkylation sites (tertiary alicyclic amines) is 1. The van der Waals surface area contributed by atoms with Gasteiger partial charge in [0.2, 0.25) is 0 Å². The van der Waals surface area contributed by atoms with E-state index in [1.54, 1.807) is 7.11 Å². The van der Waals surface area contributed by atoms with Crippen LogP contribution in [0, 0.1) is 5.92 Å². The van der Waals surface area contributed by atoms with Crippen molar-refractivity contribution >= 4 is 5.78 Å². The van der Waals surface area contributed by atoms with Gasteiger partial charge in [-0.05, 0) is 19.4 Å². The van der Waals surface area contributed by atoms with E-state index in [0.717, 1.165) is 55.8 Å². The normalized spacial score (nSPS) is 18.2. The molecule has 1 aromatic heterocycles. The van der Waals surface area contributed by atoms with Crippen LogP contribution in [0.4, 0.5) is 0 Å². The first kappa shape index (κ1) is 17.7. The minimum Gasteiger partial charge on any atom is -0.384 e. The van der Waals surface area contributed by atoms with Gasteiger partial charge in [-0.15, -0.1) is 0 Å². The van der Waals surface area contributed by atoms with Crippen LogP contribution < -0.4 is 0 Å². The first-order valence-electron chi connectivity index (χ1n) is 8.86. The van der Waals surface area contributed by atoms with Crippen LogP contribution in [0.2, 0.25) is 0 Å². The fraction of sp³-hybridized carbons (Fsp3) is 0.450. The van der Waals surface area contributed by atoms with Gasteiger partial charge in [-0.25, -0.2) is 9.97 Å². The highest BCUT2D eigenvalue weighted by Gasteiger charge is 2.26. The highest BCUT2D eigenvalue weighted by Crippen LogP contribution is 2.22. The summed E-state index contributed by atoms with van der Waals surface area (Å²) in [6.07, 6.45) is 6.53. The predicted octanol–water partition coefficient (Wildman–Crippen LogP) is 2.76. The number of ether oxygens (including phenoxy) is 1. The van der Waals surface area contributed by atoms with Gasteiger partial charge >= 0.3 is 0 Å². The van der Waals surface area contributed by atoms with Crippen LogP contribution in [0.15, 0.2) is 42.7 Å². The number of carbonyl (C=O) groups excluding carboxylic acids is 1. The Bertz CT molecular complexity index is 673. The van der Waals surface area contributed by atoms with E-state index in [4.69, 9.17) is 4.74 Å². The number of ketones is 1.